The molecule has 14 heteroatoms. The summed E-state index contributed by atoms with van der Waals surface area (Å²) < 4.78 is 4.00. The fraction of sp³-hybridized carbons (Fsp3) is 0.786. The first kappa shape index (κ1) is 32.9. The van der Waals surface area contributed by atoms with Crippen LogP contribution in [0.25, 0.3) is 0 Å². The lowest BCUT2D eigenvalue weighted by atomic mass is 9.93. The van der Waals surface area contributed by atoms with Gasteiger partial charge in [0.05, 0.1) is 47.2 Å². The monoisotopic (exact) mass is 590 g/mol. The Kier molecular flexibility index (Phi) is 11.4. The average molecular weight is 591 g/mol. The van der Waals surface area contributed by atoms with Gasteiger partial charge >= 0.3 is 0 Å². The van der Waals surface area contributed by atoms with Crippen LogP contribution in [-0.2, 0) is 9.68 Å². The zero-order valence-corrected chi connectivity index (χ0v) is 26.5. The number of rotatable bonds is 8. The Hall–Kier alpha value is -3.58. The Labute approximate surface area is 249 Å². The molecule has 0 N–H and O–H groups in total. The molecule has 0 unspecified atom stereocenters. The maximum Gasteiger partial charge on any atom is 0.233 e. The summed E-state index contributed by atoms with van der Waals surface area (Å²) in [6, 6.07) is 4.74. The Morgan fingerprint density at radius 2 is 1.00 bits per heavy atom. The zero-order chi connectivity index (χ0) is 30.9. The van der Waals surface area contributed by atoms with Crippen molar-refractivity contribution >= 4 is 0 Å². The highest BCUT2D eigenvalue weighted by atomic mass is 16.7. The minimum Gasteiger partial charge on any atom is -0.569 e. The van der Waals surface area contributed by atoms with Gasteiger partial charge in [-0.1, -0.05) is 0 Å². The first-order chi connectivity index (χ1) is 19.8. The van der Waals surface area contributed by atoms with Gasteiger partial charge in [0.25, 0.3) is 0 Å². The van der Waals surface area contributed by atoms with E-state index in [1.165, 1.54) is 10.0 Å². The SMILES string of the molecule is CN(/[N+]([O-])=N/OC1CCC(n2cccn2)CC1)C(C)(C)C.CN(/[N+]([O-])=N/OC1CCC(n2cccn2)CC1)C(C)(C)C. The van der Waals surface area contributed by atoms with Crippen molar-refractivity contribution in [1.82, 2.24) is 29.6 Å². The third-order valence-corrected chi connectivity index (χ3v) is 8.07. The molecule has 2 heterocycles. The summed E-state index contributed by atoms with van der Waals surface area (Å²) in [5.41, 5.74) is -0.571. The van der Waals surface area contributed by atoms with Crippen LogP contribution in [0, 0.1) is 10.4 Å². The van der Waals surface area contributed by atoms with Crippen molar-refractivity contribution in [3.63, 3.8) is 0 Å². The third-order valence-electron chi connectivity index (χ3n) is 8.07. The second-order valence-corrected chi connectivity index (χ2v) is 13.1. The van der Waals surface area contributed by atoms with Crippen LogP contribution in [0.5, 0.6) is 0 Å². The fourth-order valence-corrected chi connectivity index (χ4v) is 4.66. The summed E-state index contributed by atoms with van der Waals surface area (Å²) in [5.74, 6) is 0. The van der Waals surface area contributed by atoms with E-state index in [9.17, 15) is 10.4 Å². The molecule has 0 radical (unpaired) electrons. The normalized spacial score (nSPS) is 23.9. The van der Waals surface area contributed by atoms with Gasteiger partial charge in [-0.05, 0) is 105 Å². The molecule has 236 valence electrons. The van der Waals surface area contributed by atoms with Crippen LogP contribution in [0.15, 0.2) is 47.5 Å². The van der Waals surface area contributed by atoms with E-state index >= 15 is 0 Å². The van der Waals surface area contributed by atoms with E-state index in [1.807, 2.05) is 75.4 Å². The van der Waals surface area contributed by atoms with E-state index < -0.39 is 0 Å². The molecule has 2 aliphatic rings. The zero-order valence-electron chi connectivity index (χ0n) is 26.5. The number of hydrogen-bond acceptors (Lipinski definition) is 8. The van der Waals surface area contributed by atoms with Gasteiger partial charge in [-0.25, -0.2) is 0 Å². The molecule has 0 atom stereocenters. The molecule has 14 nitrogen and oxygen atoms in total. The third kappa shape index (κ3) is 9.76. The van der Waals surface area contributed by atoms with Crippen LogP contribution in [0.3, 0.4) is 0 Å². The Balaban J connectivity index is 0.000000230. The lowest BCUT2D eigenvalue weighted by molar-refractivity contribution is -0.720. The molecule has 2 fully saturated rings. The van der Waals surface area contributed by atoms with Gasteiger partial charge in [-0.3, -0.25) is 9.36 Å². The van der Waals surface area contributed by atoms with Crippen molar-refractivity contribution in [1.29, 1.82) is 0 Å². The Bertz CT molecular complexity index is 1000. The first-order valence-corrected chi connectivity index (χ1v) is 14.9. The van der Waals surface area contributed by atoms with Crippen molar-refractivity contribution in [3.05, 3.63) is 47.3 Å². The van der Waals surface area contributed by atoms with E-state index in [0.29, 0.717) is 22.0 Å². The van der Waals surface area contributed by atoms with Gasteiger partial charge < -0.3 is 20.1 Å². The highest BCUT2D eigenvalue weighted by molar-refractivity contribution is 4.85. The maximum atomic E-state index is 11.8. The quantitative estimate of drug-likeness (QED) is 0.213. The molecule has 0 saturated heterocycles. The predicted octanol–water partition coefficient (Wildman–Crippen LogP) is 5.81. The lowest BCUT2D eigenvalue weighted by Gasteiger charge is -2.28. The summed E-state index contributed by atoms with van der Waals surface area (Å²) in [5, 5.41) is 42.6. The van der Waals surface area contributed by atoms with Gasteiger partial charge in [0, 0.05) is 24.8 Å². The van der Waals surface area contributed by atoms with E-state index in [2.05, 4.69) is 20.8 Å². The van der Waals surface area contributed by atoms with Gasteiger partial charge in [0.2, 0.25) is 10.6 Å². The summed E-state index contributed by atoms with van der Waals surface area (Å²) in [6.07, 6.45) is 15.2. The second-order valence-electron chi connectivity index (χ2n) is 13.1. The molecule has 2 saturated carbocycles. The summed E-state index contributed by atoms with van der Waals surface area (Å²) >= 11 is 0. The average Bonchev–Trinajstić information content (AvgIpc) is 3.69. The van der Waals surface area contributed by atoms with Crippen LogP contribution in [-0.4, -0.2) is 76.9 Å². The number of nitrogens with zero attached hydrogens (tertiary/aromatic N) is 10. The summed E-state index contributed by atoms with van der Waals surface area (Å²) in [6.45, 7) is 11.7. The van der Waals surface area contributed by atoms with Crippen molar-refractivity contribution in [3.8, 4) is 0 Å². The fourth-order valence-electron chi connectivity index (χ4n) is 4.66. The molecule has 0 aliphatic heterocycles. The van der Waals surface area contributed by atoms with Crippen molar-refractivity contribution in [2.45, 2.75) is 128 Å². The number of hydrazine groups is 2. The van der Waals surface area contributed by atoms with Gasteiger partial charge in [-0.15, -0.1) is 10.0 Å². The predicted molar refractivity (Wildman–Crippen MR) is 156 cm³/mol. The standard InChI is InChI=1S/2C14H25N5O2/c2*1-14(2,3)17(4)19(20)16-21-13-8-6-12(7-9-13)18-11-5-10-15-18/h2*5,10-13H,6-9H2,1-4H3/b2*19-16-. The van der Waals surface area contributed by atoms with Crippen molar-refractivity contribution < 1.29 is 19.6 Å². The topological polar surface area (TPSA) is 137 Å². The minimum atomic E-state index is -0.285. The van der Waals surface area contributed by atoms with Crippen molar-refractivity contribution in [2.75, 3.05) is 14.1 Å². The number of hydrogen-bond donors (Lipinski definition) is 0. The Morgan fingerprint density at radius 3 is 1.26 bits per heavy atom. The molecule has 2 aromatic rings. The van der Waals surface area contributed by atoms with Crippen molar-refractivity contribution in [2.24, 2.45) is 10.6 Å². The molecule has 0 spiro atoms. The molecule has 42 heavy (non-hydrogen) atoms. The second kappa shape index (κ2) is 14.5. The van der Waals surface area contributed by atoms with E-state index in [4.69, 9.17) is 9.68 Å². The molecule has 4 rings (SSSR count). The van der Waals surface area contributed by atoms with Crippen LogP contribution in [0.2, 0.25) is 0 Å². The summed E-state index contributed by atoms with van der Waals surface area (Å²) in [7, 11) is 3.41. The van der Waals surface area contributed by atoms with Crippen LogP contribution in [0.4, 0.5) is 0 Å². The Morgan fingerprint density at radius 1 is 0.667 bits per heavy atom. The molecule has 0 bridgehead atoms. The molecule has 2 aliphatic carbocycles. The highest BCUT2D eigenvalue weighted by Crippen LogP contribution is 2.30. The van der Waals surface area contributed by atoms with Crippen LogP contribution in [0.1, 0.15) is 105 Å². The highest BCUT2D eigenvalue weighted by Gasteiger charge is 2.28. The molecule has 2 aromatic heterocycles. The molecular formula is C28H50N10O4. The van der Waals surface area contributed by atoms with E-state index in [1.54, 1.807) is 26.5 Å². The van der Waals surface area contributed by atoms with Crippen LogP contribution >= 0.6 is 0 Å². The van der Waals surface area contributed by atoms with Gasteiger partial charge in [0.15, 0.2) is 0 Å². The maximum absolute atomic E-state index is 11.8. The minimum absolute atomic E-state index is 0.0154. The largest absolute Gasteiger partial charge is 0.569 e. The van der Waals surface area contributed by atoms with E-state index in [-0.39, 0.29) is 23.3 Å². The summed E-state index contributed by atoms with van der Waals surface area (Å²) in [4.78, 5) is 11.8. The van der Waals surface area contributed by atoms with E-state index in [0.717, 1.165) is 51.4 Å². The molecule has 0 aromatic carbocycles. The van der Waals surface area contributed by atoms with Crippen LogP contribution < -0.4 is 0 Å². The molecular weight excluding hydrogens is 540 g/mol. The lowest BCUT2D eigenvalue weighted by Crippen LogP contribution is -2.42. The first-order valence-electron chi connectivity index (χ1n) is 14.9. The van der Waals surface area contributed by atoms with Gasteiger partial charge in [0.1, 0.15) is 12.2 Å². The molecule has 0 amide bonds. The smallest absolute Gasteiger partial charge is 0.233 e. The number of aromatic nitrogens is 4. The van der Waals surface area contributed by atoms with Gasteiger partial charge in [-0.2, -0.15) is 10.2 Å².